The third kappa shape index (κ3) is 1.28. The number of ether oxygens (including phenoxy) is 1. The smallest absolute Gasteiger partial charge is 0.340 e. The molecule has 14 heavy (non-hydrogen) atoms. The summed E-state index contributed by atoms with van der Waals surface area (Å²) in [5, 5.41) is 1.38. The summed E-state index contributed by atoms with van der Waals surface area (Å²) < 4.78 is 17.8. The van der Waals surface area contributed by atoms with Gasteiger partial charge in [-0.1, -0.05) is 6.08 Å². The Labute approximate surface area is 79.5 Å². The molecule has 0 spiro atoms. The summed E-state index contributed by atoms with van der Waals surface area (Å²) in [5.41, 5.74) is -0.0420. The van der Waals surface area contributed by atoms with E-state index in [9.17, 15) is 9.18 Å². The molecule has 0 N–H and O–H groups in total. The number of hydrogen-bond donors (Lipinski definition) is 0. The predicted octanol–water partition coefficient (Wildman–Crippen LogP) is 0.0260. The Kier molecular flexibility index (Phi) is 2.04. The van der Waals surface area contributed by atoms with Crippen molar-refractivity contribution in [3.8, 4) is 0 Å². The highest BCUT2D eigenvalue weighted by Gasteiger charge is 2.13. The fourth-order valence-corrected chi connectivity index (χ4v) is 1.39. The maximum atomic E-state index is 13.3. The van der Waals surface area contributed by atoms with Crippen molar-refractivity contribution in [3.63, 3.8) is 0 Å². The van der Waals surface area contributed by atoms with E-state index in [0.29, 0.717) is 11.9 Å². The van der Waals surface area contributed by atoms with Crippen molar-refractivity contribution in [1.29, 1.82) is 0 Å². The summed E-state index contributed by atoms with van der Waals surface area (Å²) in [6.07, 6.45) is 1.83. The van der Waals surface area contributed by atoms with Gasteiger partial charge < -0.3 is 4.74 Å². The minimum atomic E-state index is -0.661. The van der Waals surface area contributed by atoms with Crippen molar-refractivity contribution in [2.24, 2.45) is 4.99 Å². The quantitative estimate of drug-likeness (QED) is 0.590. The van der Waals surface area contributed by atoms with Crippen LogP contribution in [-0.2, 0) is 4.74 Å². The highest BCUT2D eigenvalue weighted by Crippen LogP contribution is 2.03. The Balaban J connectivity index is 2.66. The molecule has 0 aromatic heterocycles. The lowest BCUT2D eigenvalue weighted by Crippen LogP contribution is -2.24. The van der Waals surface area contributed by atoms with Crippen molar-refractivity contribution < 1.29 is 13.9 Å². The van der Waals surface area contributed by atoms with Crippen molar-refractivity contribution in [3.05, 3.63) is 34.1 Å². The van der Waals surface area contributed by atoms with E-state index >= 15 is 0 Å². The van der Waals surface area contributed by atoms with Crippen LogP contribution < -0.4 is 10.6 Å². The number of carbonyl (C=O) groups is 1. The molecule has 1 aromatic carbocycles. The van der Waals surface area contributed by atoms with Crippen molar-refractivity contribution in [2.75, 3.05) is 13.7 Å². The summed E-state index contributed by atoms with van der Waals surface area (Å²) in [6.45, 7) is 0.541. The Hall–Kier alpha value is -1.71. The van der Waals surface area contributed by atoms with Gasteiger partial charge in [0, 0.05) is 6.07 Å². The standard InChI is InChI=1S/C10H8FNO2/c1-14-10(13)7-4-6-2-3-12-9(6)5-8(7)11/h2,4-5H,3H2,1H3. The zero-order valence-electron chi connectivity index (χ0n) is 7.58. The lowest BCUT2D eigenvalue weighted by atomic mass is 10.1. The second-order valence-electron chi connectivity index (χ2n) is 2.93. The minimum absolute atomic E-state index is 0.0420. The summed E-state index contributed by atoms with van der Waals surface area (Å²) >= 11 is 0. The molecule has 0 amide bonds. The molecule has 0 radical (unpaired) electrons. The van der Waals surface area contributed by atoms with Gasteiger partial charge in [0.05, 0.1) is 24.6 Å². The van der Waals surface area contributed by atoms with Gasteiger partial charge in [-0.25, -0.2) is 9.18 Å². The van der Waals surface area contributed by atoms with E-state index in [1.165, 1.54) is 19.2 Å². The van der Waals surface area contributed by atoms with Crippen molar-refractivity contribution in [1.82, 2.24) is 0 Å². The summed E-state index contributed by atoms with van der Waals surface area (Å²) in [7, 11) is 1.23. The van der Waals surface area contributed by atoms with Crippen LogP contribution in [0.3, 0.4) is 0 Å². The van der Waals surface area contributed by atoms with Crippen LogP contribution in [0.5, 0.6) is 0 Å². The van der Waals surface area contributed by atoms with Crippen molar-refractivity contribution >= 4 is 12.0 Å². The lowest BCUT2D eigenvalue weighted by molar-refractivity contribution is 0.0595. The SMILES string of the molecule is COC(=O)c1cc2c(cc1F)=NCC=2. The summed E-state index contributed by atoms with van der Waals surface area (Å²) in [4.78, 5) is 15.2. The van der Waals surface area contributed by atoms with E-state index in [0.717, 1.165) is 5.22 Å². The number of halogens is 1. The highest BCUT2D eigenvalue weighted by atomic mass is 19.1. The fourth-order valence-electron chi connectivity index (χ4n) is 1.39. The molecule has 2 rings (SSSR count). The van der Waals surface area contributed by atoms with Gasteiger partial charge in [0.2, 0.25) is 0 Å². The number of benzene rings is 1. The number of fused-ring (bicyclic) bond motifs is 1. The van der Waals surface area contributed by atoms with E-state index in [1.807, 2.05) is 6.08 Å². The number of esters is 1. The topological polar surface area (TPSA) is 38.7 Å². The zero-order valence-corrected chi connectivity index (χ0v) is 7.58. The molecule has 1 heterocycles. The van der Waals surface area contributed by atoms with Gasteiger partial charge in [0.25, 0.3) is 0 Å². The highest BCUT2D eigenvalue weighted by molar-refractivity contribution is 5.89. The normalized spacial score (nSPS) is 12.7. The molecular weight excluding hydrogens is 185 g/mol. The van der Waals surface area contributed by atoms with E-state index in [2.05, 4.69) is 9.73 Å². The van der Waals surface area contributed by atoms with Crippen LogP contribution in [0.25, 0.3) is 6.08 Å². The zero-order chi connectivity index (χ0) is 10.1. The second kappa shape index (κ2) is 3.21. The van der Waals surface area contributed by atoms with Crippen LogP contribution in [0.1, 0.15) is 10.4 Å². The Bertz CT molecular complexity index is 508. The maximum Gasteiger partial charge on any atom is 0.340 e. The van der Waals surface area contributed by atoms with Crippen LogP contribution in [0, 0.1) is 5.82 Å². The molecule has 0 unspecified atom stereocenters. The number of hydrogen-bond acceptors (Lipinski definition) is 3. The number of methoxy groups -OCH3 is 1. The molecule has 4 heteroatoms. The van der Waals surface area contributed by atoms with Gasteiger partial charge in [0.15, 0.2) is 0 Å². The Morgan fingerprint density at radius 1 is 1.57 bits per heavy atom. The van der Waals surface area contributed by atoms with Gasteiger partial charge >= 0.3 is 5.97 Å². The number of carbonyl (C=O) groups excluding carboxylic acids is 1. The van der Waals surface area contributed by atoms with Gasteiger partial charge in [-0.05, 0) is 11.3 Å². The van der Waals surface area contributed by atoms with Crippen molar-refractivity contribution in [2.45, 2.75) is 0 Å². The third-order valence-corrected chi connectivity index (χ3v) is 2.09. The summed E-state index contributed by atoms with van der Waals surface area (Å²) in [6, 6.07) is 2.72. The fraction of sp³-hybridized carbons (Fsp3) is 0.200. The minimum Gasteiger partial charge on any atom is -0.465 e. The maximum absolute atomic E-state index is 13.3. The van der Waals surface area contributed by atoms with Crippen LogP contribution in [-0.4, -0.2) is 19.6 Å². The molecule has 3 nitrogen and oxygen atoms in total. The van der Waals surface area contributed by atoms with Gasteiger partial charge in [-0.2, -0.15) is 0 Å². The molecule has 0 atom stereocenters. The molecule has 1 aromatic rings. The summed E-state index contributed by atoms with van der Waals surface area (Å²) in [5.74, 6) is -1.25. The molecule has 72 valence electrons. The molecule has 0 fully saturated rings. The first-order valence-electron chi connectivity index (χ1n) is 4.15. The molecule has 1 aliphatic heterocycles. The van der Waals surface area contributed by atoms with Gasteiger partial charge in [0.1, 0.15) is 5.82 Å². The van der Waals surface area contributed by atoms with Crippen LogP contribution >= 0.6 is 0 Å². The first kappa shape index (κ1) is 8.87. The molecule has 0 saturated carbocycles. The molecule has 1 aliphatic rings. The van der Waals surface area contributed by atoms with Crippen LogP contribution in [0.15, 0.2) is 17.1 Å². The molecule has 0 aliphatic carbocycles. The van der Waals surface area contributed by atoms with E-state index < -0.39 is 11.8 Å². The lowest BCUT2D eigenvalue weighted by Gasteiger charge is -1.99. The average molecular weight is 193 g/mol. The van der Waals surface area contributed by atoms with Gasteiger partial charge in [-0.15, -0.1) is 0 Å². The van der Waals surface area contributed by atoms with E-state index in [1.54, 1.807) is 0 Å². The van der Waals surface area contributed by atoms with E-state index in [-0.39, 0.29) is 5.56 Å². The first-order chi connectivity index (χ1) is 6.72. The monoisotopic (exact) mass is 193 g/mol. The predicted molar refractivity (Wildman–Crippen MR) is 47.9 cm³/mol. The first-order valence-corrected chi connectivity index (χ1v) is 4.15. The molecule has 0 saturated heterocycles. The van der Waals surface area contributed by atoms with Gasteiger partial charge in [-0.3, -0.25) is 4.99 Å². The third-order valence-electron chi connectivity index (χ3n) is 2.09. The largest absolute Gasteiger partial charge is 0.465 e. The molecular formula is C10H8FNO2. The van der Waals surface area contributed by atoms with E-state index in [4.69, 9.17) is 0 Å². The molecule has 0 bridgehead atoms. The van der Waals surface area contributed by atoms with Crippen LogP contribution in [0.2, 0.25) is 0 Å². The van der Waals surface area contributed by atoms with Crippen LogP contribution in [0.4, 0.5) is 4.39 Å². The number of nitrogens with zero attached hydrogens (tertiary/aromatic N) is 1. The Morgan fingerprint density at radius 3 is 3.07 bits per heavy atom. The average Bonchev–Trinajstić information content (AvgIpc) is 2.62. The Morgan fingerprint density at radius 2 is 2.36 bits per heavy atom. The second-order valence-corrected chi connectivity index (χ2v) is 2.93. The number of rotatable bonds is 1.